The Labute approximate surface area is 149 Å². The lowest BCUT2D eigenvalue weighted by Crippen LogP contribution is -2.51. The van der Waals surface area contributed by atoms with Gasteiger partial charge < -0.3 is 15.4 Å². The van der Waals surface area contributed by atoms with E-state index in [-0.39, 0.29) is 28.6 Å². The maximum absolute atomic E-state index is 13.0. The summed E-state index contributed by atoms with van der Waals surface area (Å²) in [6, 6.07) is 4.35. The zero-order valence-corrected chi connectivity index (χ0v) is 16.0. The molecular formula is C17H27N3O4S. The molecule has 140 valence electrons. The van der Waals surface area contributed by atoms with Crippen molar-refractivity contribution in [1.29, 1.82) is 0 Å². The van der Waals surface area contributed by atoms with Gasteiger partial charge in [-0.3, -0.25) is 4.79 Å². The van der Waals surface area contributed by atoms with Gasteiger partial charge in [0.25, 0.3) is 5.91 Å². The van der Waals surface area contributed by atoms with Gasteiger partial charge in [0.1, 0.15) is 10.6 Å². The average molecular weight is 369 g/mol. The number of hydrogen-bond donors (Lipinski definition) is 1. The molecule has 1 aliphatic heterocycles. The number of amides is 1. The summed E-state index contributed by atoms with van der Waals surface area (Å²) in [7, 11) is 0.571. The van der Waals surface area contributed by atoms with E-state index in [1.165, 1.54) is 33.3 Å². The van der Waals surface area contributed by atoms with Crippen molar-refractivity contribution in [3.63, 3.8) is 0 Å². The average Bonchev–Trinajstić information content (AvgIpc) is 2.60. The summed E-state index contributed by atoms with van der Waals surface area (Å²) in [4.78, 5) is 14.7. The summed E-state index contributed by atoms with van der Waals surface area (Å²) in [5.74, 6) is 0.0208. The smallest absolute Gasteiger partial charge is 0.254 e. The predicted octanol–water partition coefficient (Wildman–Crippen LogP) is 1.29. The summed E-state index contributed by atoms with van der Waals surface area (Å²) < 4.78 is 31.3. The van der Waals surface area contributed by atoms with Gasteiger partial charge in [-0.1, -0.05) is 0 Å². The highest BCUT2D eigenvalue weighted by atomic mass is 32.2. The molecule has 0 spiro atoms. The molecule has 25 heavy (non-hydrogen) atoms. The Bertz CT molecular complexity index is 731. The number of nitrogens with zero attached hydrogens (tertiary/aromatic N) is 2. The van der Waals surface area contributed by atoms with Crippen LogP contribution in [-0.2, 0) is 10.0 Å². The Morgan fingerprint density at radius 2 is 2.04 bits per heavy atom. The third kappa shape index (κ3) is 3.96. The number of carbonyl (C=O) groups excluding carboxylic acids is 1. The molecule has 2 atom stereocenters. The summed E-state index contributed by atoms with van der Waals surface area (Å²) in [6.45, 7) is 2.53. The molecule has 1 aliphatic rings. The highest BCUT2D eigenvalue weighted by Crippen LogP contribution is 2.29. The summed E-state index contributed by atoms with van der Waals surface area (Å²) >= 11 is 0. The second-order valence-electron chi connectivity index (χ2n) is 6.57. The van der Waals surface area contributed by atoms with Crippen LogP contribution in [0.1, 0.15) is 36.5 Å². The molecule has 1 heterocycles. The van der Waals surface area contributed by atoms with E-state index in [0.29, 0.717) is 12.1 Å². The van der Waals surface area contributed by atoms with Crippen LogP contribution in [0.3, 0.4) is 0 Å². The zero-order valence-electron chi connectivity index (χ0n) is 15.2. The lowest BCUT2D eigenvalue weighted by Gasteiger charge is -2.38. The minimum absolute atomic E-state index is 0.0137. The molecule has 0 aliphatic carbocycles. The van der Waals surface area contributed by atoms with Gasteiger partial charge >= 0.3 is 0 Å². The van der Waals surface area contributed by atoms with E-state index >= 15 is 0 Å². The number of benzene rings is 1. The molecule has 0 radical (unpaired) electrons. The van der Waals surface area contributed by atoms with Crippen molar-refractivity contribution in [3.8, 4) is 5.75 Å². The molecule has 1 aromatic carbocycles. The van der Waals surface area contributed by atoms with Crippen LogP contribution in [0, 0.1) is 0 Å². The number of nitrogens with two attached hydrogens (primary N) is 1. The first-order chi connectivity index (χ1) is 11.7. The first-order valence-electron chi connectivity index (χ1n) is 8.37. The molecule has 1 saturated heterocycles. The monoisotopic (exact) mass is 369 g/mol. The summed E-state index contributed by atoms with van der Waals surface area (Å²) in [5.41, 5.74) is 6.37. The quantitative estimate of drug-likeness (QED) is 0.844. The zero-order chi connectivity index (χ0) is 18.8. The third-order valence-electron chi connectivity index (χ3n) is 4.59. The van der Waals surface area contributed by atoms with Crippen LogP contribution in [0.25, 0.3) is 0 Å². The Balaban J connectivity index is 2.44. The maximum atomic E-state index is 13.0. The van der Waals surface area contributed by atoms with E-state index in [2.05, 4.69) is 0 Å². The van der Waals surface area contributed by atoms with E-state index in [0.717, 1.165) is 23.6 Å². The molecule has 2 rings (SSSR count). The van der Waals surface area contributed by atoms with Gasteiger partial charge in [0.2, 0.25) is 10.0 Å². The first-order valence-corrected chi connectivity index (χ1v) is 9.81. The SMILES string of the molecule is COc1ccc(C(=O)N2CCCCC2C(C)N)cc1S(=O)(=O)N(C)C. The van der Waals surface area contributed by atoms with E-state index < -0.39 is 10.0 Å². The van der Waals surface area contributed by atoms with Gasteiger partial charge in [0.15, 0.2) is 0 Å². The number of sulfonamides is 1. The third-order valence-corrected chi connectivity index (χ3v) is 6.42. The Hall–Kier alpha value is -1.64. The second-order valence-corrected chi connectivity index (χ2v) is 8.69. The molecular weight excluding hydrogens is 342 g/mol. The van der Waals surface area contributed by atoms with Crippen LogP contribution >= 0.6 is 0 Å². The van der Waals surface area contributed by atoms with Crippen molar-refractivity contribution in [2.75, 3.05) is 27.7 Å². The van der Waals surface area contributed by atoms with Gasteiger partial charge in [0.05, 0.1) is 7.11 Å². The molecule has 0 saturated carbocycles. The number of carbonyl (C=O) groups is 1. The second kappa shape index (κ2) is 7.72. The largest absolute Gasteiger partial charge is 0.495 e. The van der Waals surface area contributed by atoms with Crippen molar-refractivity contribution in [2.24, 2.45) is 5.73 Å². The molecule has 2 N–H and O–H groups in total. The van der Waals surface area contributed by atoms with E-state index in [1.807, 2.05) is 6.92 Å². The normalized spacial score (nSPS) is 19.8. The van der Waals surface area contributed by atoms with E-state index in [9.17, 15) is 13.2 Å². The number of ether oxygens (including phenoxy) is 1. The van der Waals surface area contributed by atoms with Crippen LogP contribution < -0.4 is 10.5 Å². The van der Waals surface area contributed by atoms with Gasteiger partial charge in [0, 0.05) is 38.3 Å². The van der Waals surface area contributed by atoms with Gasteiger partial charge in [-0.2, -0.15) is 0 Å². The topological polar surface area (TPSA) is 92.9 Å². The highest BCUT2D eigenvalue weighted by Gasteiger charge is 2.31. The molecule has 0 aromatic heterocycles. The van der Waals surface area contributed by atoms with Crippen LogP contribution in [0.15, 0.2) is 23.1 Å². The van der Waals surface area contributed by atoms with Crippen LogP contribution in [0.2, 0.25) is 0 Å². The molecule has 2 unspecified atom stereocenters. The summed E-state index contributed by atoms with van der Waals surface area (Å²) in [5, 5.41) is 0. The van der Waals surface area contributed by atoms with Crippen molar-refractivity contribution in [1.82, 2.24) is 9.21 Å². The fourth-order valence-electron chi connectivity index (χ4n) is 3.13. The minimum Gasteiger partial charge on any atom is -0.495 e. The van der Waals surface area contributed by atoms with Crippen LogP contribution in [-0.4, -0.2) is 63.4 Å². The highest BCUT2D eigenvalue weighted by molar-refractivity contribution is 7.89. The Morgan fingerprint density at radius 3 is 2.60 bits per heavy atom. The molecule has 1 fully saturated rings. The fraction of sp³-hybridized carbons (Fsp3) is 0.588. The molecule has 0 bridgehead atoms. The standard InChI is InChI=1S/C17H27N3O4S/c1-12(18)14-7-5-6-10-20(14)17(21)13-8-9-15(24-4)16(11-13)25(22,23)19(2)3/h8-9,11-12,14H,5-7,10,18H2,1-4H3. The van der Waals surface area contributed by atoms with Gasteiger partial charge in [-0.25, -0.2) is 12.7 Å². The number of rotatable bonds is 5. The number of methoxy groups -OCH3 is 1. The van der Waals surface area contributed by atoms with Gasteiger partial charge in [-0.05, 0) is 44.4 Å². The predicted molar refractivity (Wildman–Crippen MR) is 96.2 cm³/mol. The van der Waals surface area contributed by atoms with Crippen LogP contribution in [0.4, 0.5) is 0 Å². The summed E-state index contributed by atoms with van der Waals surface area (Å²) in [6.07, 6.45) is 2.83. The fourth-order valence-corrected chi connectivity index (χ4v) is 4.20. The maximum Gasteiger partial charge on any atom is 0.254 e. The van der Waals surface area contributed by atoms with Crippen molar-refractivity contribution in [3.05, 3.63) is 23.8 Å². The number of likely N-dealkylation sites (tertiary alicyclic amines) is 1. The molecule has 1 amide bonds. The number of piperidine rings is 1. The Kier molecular flexibility index (Phi) is 6.08. The van der Waals surface area contributed by atoms with Crippen molar-refractivity contribution in [2.45, 2.75) is 43.2 Å². The molecule has 8 heteroatoms. The molecule has 7 nitrogen and oxygen atoms in total. The van der Waals surface area contributed by atoms with Crippen molar-refractivity contribution < 1.29 is 17.9 Å². The first kappa shape index (κ1) is 19.7. The lowest BCUT2D eigenvalue weighted by molar-refractivity contribution is 0.0583. The Morgan fingerprint density at radius 1 is 1.36 bits per heavy atom. The van der Waals surface area contributed by atoms with E-state index in [1.54, 1.807) is 11.0 Å². The molecule has 1 aromatic rings. The minimum atomic E-state index is -3.72. The van der Waals surface area contributed by atoms with Crippen LogP contribution in [0.5, 0.6) is 5.75 Å². The number of hydrogen-bond acceptors (Lipinski definition) is 5. The van der Waals surface area contributed by atoms with E-state index in [4.69, 9.17) is 10.5 Å². The lowest BCUT2D eigenvalue weighted by atomic mass is 9.96. The van der Waals surface area contributed by atoms with Crippen molar-refractivity contribution >= 4 is 15.9 Å². The van der Waals surface area contributed by atoms with Gasteiger partial charge in [-0.15, -0.1) is 0 Å².